The number of hydrogen-bond acceptors (Lipinski definition) is 5. The Morgan fingerprint density at radius 1 is 0.968 bits per heavy atom. The van der Waals surface area contributed by atoms with Gasteiger partial charge in [-0.1, -0.05) is 13.8 Å². The third kappa shape index (κ3) is 2.36. The lowest BCUT2D eigenvalue weighted by Gasteiger charge is -2.62. The molecule has 1 heterocycles. The molecule has 1 N–H and O–H groups in total. The molecule has 7 rings (SSSR count). The fourth-order valence-corrected chi connectivity index (χ4v) is 11.3. The van der Waals surface area contributed by atoms with Crippen LogP contribution in [0.25, 0.3) is 0 Å². The summed E-state index contributed by atoms with van der Waals surface area (Å²) in [5.41, 5.74) is 0.179. The van der Waals surface area contributed by atoms with Crippen molar-refractivity contribution in [2.24, 2.45) is 58.2 Å². The van der Waals surface area contributed by atoms with Crippen LogP contribution in [0.15, 0.2) is 0 Å². The number of carbonyl (C=O) groups excluding carboxylic acids is 1. The number of ether oxygens (including phenoxy) is 1. The molecule has 7 fully saturated rings. The van der Waals surface area contributed by atoms with Gasteiger partial charge < -0.3 is 4.74 Å². The number of rotatable bonds is 2. The summed E-state index contributed by atoms with van der Waals surface area (Å²) in [4.78, 5) is 12.2. The molecule has 0 aromatic carbocycles. The Morgan fingerprint density at radius 3 is 2.48 bits per heavy atom. The summed E-state index contributed by atoms with van der Waals surface area (Å²) in [5.74, 6) is 5.36. The monoisotopic (exact) mass is 450 g/mol. The van der Waals surface area contributed by atoms with E-state index in [9.17, 15) is 17.8 Å². The Balaban J connectivity index is 1.21. The van der Waals surface area contributed by atoms with Gasteiger partial charge in [-0.3, -0.25) is 9.35 Å². The average Bonchev–Trinajstić information content (AvgIpc) is 3.58. The fraction of sp³-hybridized carbons (Fsp3) is 0.958. The molecule has 0 unspecified atom stereocenters. The maximum Gasteiger partial charge on any atom is 0.397 e. The zero-order valence-electron chi connectivity index (χ0n) is 18.5. The van der Waals surface area contributed by atoms with Crippen LogP contribution in [0, 0.1) is 58.2 Å². The van der Waals surface area contributed by atoms with E-state index in [-0.39, 0.29) is 28.5 Å². The lowest BCUT2D eigenvalue weighted by atomic mass is 9.43. The molecule has 0 aromatic rings. The van der Waals surface area contributed by atoms with Gasteiger partial charge in [0.1, 0.15) is 5.60 Å². The highest BCUT2D eigenvalue weighted by Crippen LogP contribution is 2.82. The van der Waals surface area contributed by atoms with E-state index < -0.39 is 10.4 Å². The van der Waals surface area contributed by atoms with E-state index in [1.165, 1.54) is 19.3 Å². The molecule has 7 aliphatic rings. The van der Waals surface area contributed by atoms with Crippen molar-refractivity contribution in [3.8, 4) is 0 Å². The quantitative estimate of drug-likeness (QED) is 0.505. The summed E-state index contributed by atoms with van der Waals surface area (Å²) >= 11 is 0. The molecule has 0 amide bonds. The Bertz CT molecular complexity index is 963. The van der Waals surface area contributed by atoms with Crippen LogP contribution in [-0.2, 0) is 24.1 Å². The van der Waals surface area contributed by atoms with E-state index in [0.717, 1.165) is 43.4 Å². The van der Waals surface area contributed by atoms with Gasteiger partial charge in [0.2, 0.25) is 0 Å². The van der Waals surface area contributed by atoms with Crippen LogP contribution in [-0.4, -0.2) is 30.6 Å². The van der Waals surface area contributed by atoms with Crippen molar-refractivity contribution in [3.63, 3.8) is 0 Å². The highest BCUT2D eigenvalue weighted by Gasteiger charge is 2.81. The van der Waals surface area contributed by atoms with E-state index >= 15 is 0 Å². The third-order valence-electron chi connectivity index (χ3n) is 11.8. The van der Waals surface area contributed by atoms with E-state index in [1.807, 2.05) is 0 Å². The van der Waals surface area contributed by atoms with Crippen molar-refractivity contribution in [3.05, 3.63) is 0 Å². The second kappa shape index (κ2) is 5.69. The van der Waals surface area contributed by atoms with Gasteiger partial charge in [-0.15, -0.1) is 0 Å². The highest BCUT2D eigenvalue weighted by atomic mass is 32.3. The zero-order chi connectivity index (χ0) is 21.6. The van der Waals surface area contributed by atoms with Gasteiger partial charge in [-0.2, -0.15) is 8.42 Å². The molecule has 1 spiro atoms. The first-order valence-corrected chi connectivity index (χ1v) is 13.8. The fourth-order valence-electron chi connectivity index (χ4n) is 10.8. The minimum Gasteiger partial charge on any atom is -0.458 e. The van der Waals surface area contributed by atoms with Crippen LogP contribution >= 0.6 is 0 Å². The van der Waals surface area contributed by atoms with Gasteiger partial charge >= 0.3 is 16.4 Å². The van der Waals surface area contributed by atoms with Gasteiger partial charge in [-0.05, 0) is 98.2 Å². The molecular weight excluding hydrogens is 416 g/mol. The predicted molar refractivity (Wildman–Crippen MR) is 111 cm³/mol. The highest BCUT2D eigenvalue weighted by molar-refractivity contribution is 7.80. The predicted octanol–water partition coefficient (Wildman–Crippen LogP) is 4.00. The molecule has 1 aliphatic heterocycles. The minimum absolute atomic E-state index is 0.0202. The SMILES string of the molecule is C[C@]12CC[C@@H](OS(=O)(=O)O)C[C@H]1[C@@H]1C[C@@H]1[C@H]1[C@@H]3[C@@H]4C[C@@H]4[C@@]4(CCC(=O)O4)[C@@]3(C)CC[C@@H]12. The largest absolute Gasteiger partial charge is 0.458 e. The zero-order valence-corrected chi connectivity index (χ0v) is 19.3. The summed E-state index contributed by atoms with van der Waals surface area (Å²) in [5, 5.41) is 0. The molecule has 12 atom stereocenters. The molecule has 0 bridgehead atoms. The van der Waals surface area contributed by atoms with Gasteiger partial charge in [0.05, 0.1) is 6.10 Å². The van der Waals surface area contributed by atoms with Gasteiger partial charge in [-0.25, -0.2) is 4.18 Å². The Hall–Kier alpha value is -0.660. The molecule has 0 aromatic heterocycles. The maximum atomic E-state index is 12.2. The first-order chi connectivity index (χ1) is 14.6. The number of esters is 1. The number of carbonyl (C=O) groups is 1. The van der Waals surface area contributed by atoms with Crippen molar-refractivity contribution in [1.82, 2.24) is 0 Å². The topological polar surface area (TPSA) is 89.9 Å². The van der Waals surface area contributed by atoms with Crippen molar-refractivity contribution in [1.29, 1.82) is 0 Å². The summed E-state index contributed by atoms with van der Waals surface area (Å²) < 4.78 is 43.1. The average molecular weight is 451 g/mol. The van der Waals surface area contributed by atoms with Crippen molar-refractivity contribution in [2.75, 3.05) is 0 Å². The molecule has 6 aliphatic carbocycles. The maximum absolute atomic E-state index is 12.2. The number of hydrogen-bond donors (Lipinski definition) is 1. The van der Waals surface area contributed by atoms with E-state index in [0.29, 0.717) is 42.4 Å². The van der Waals surface area contributed by atoms with Crippen molar-refractivity contribution < 1.29 is 26.7 Å². The van der Waals surface area contributed by atoms with Crippen LogP contribution < -0.4 is 0 Å². The summed E-state index contributed by atoms with van der Waals surface area (Å²) in [6.45, 7) is 4.93. The smallest absolute Gasteiger partial charge is 0.397 e. The second-order valence-corrected chi connectivity index (χ2v) is 13.7. The standard InChI is InChI=1S/C24H34O6S/c1-22-6-3-12(30-31(26,27)28)9-17(22)13-10-14(13)20-16(22)4-7-23(2)21(20)15-11-18(15)24(23)8-5-19(25)29-24/h12-18,20-21H,3-11H2,1-2H3,(H,26,27,28)/t12-,13-,14+,15-,16+,17+,18+,20-,21+,22-,23+,24+/m1/s1. The van der Waals surface area contributed by atoms with Gasteiger partial charge in [0, 0.05) is 17.8 Å². The summed E-state index contributed by atoms with van der Waals surface area (Å²) in [6.07, 6.45) is 8.48. The Labute approximate surface area is 184 Å². The van der Waals surface area contributed by atoms with Crippen LogP contribution in [0.4, 0.5) is 0 Å². The van der Waals surface area contributed by atoms with Crippen molar-refractivity contribution in [2.45, 2.75) is 83.3 Å². The lowest BCUT2D eigenvalue weighted by molar-refractivity contribution is -0.187. The molecule has 1 saturated heterocycles. The minimum atomic E-state index is -4.39. The number of fused-ring (bicyclic) bond motifs is 12. The first kappa shape index (κ1) is 19.8. The molecule has 6 saturated carbocycles. The van der Waals surface area contributed by atoms with Crippen LogP contribution in [0.3, 0.4) is 0 Å². The summed E-state index contributed by atoms with van der Waals surface area (Å²) in [7, 11) is -4.39. The van der Waals surface area contributed by atoms with Gasteiger partial charge in [0.25, 0.3) is 0 Å². The van der Waals surface area contributed by atoms with E-state index in [1.54, 1.807) is 0 Å². The van der Waals surface area contributed by atoms with E-state index in [4.69, 9.17) is 8.92 Å². The second-order valence-electron chi connectivity index (χ2n) is 12.6. The molecule has 7 heteroatoms. The first-order valence-electron chi connectivity index (χ1n) is 12.4. The Morgan fingerprint density at radius 2 is 1.77 bits per heavy atom. The molecular formula is C24H34O6S. The molecule has 172 valence electrons. The van der Waals surface area contributed by atoms with Crippen LogP contribution in [0.2, 0.25) is 0 Å². The van der Waals surface area contributed by atoms with E-state index in [2.05, 4.69) is 13.8 Å². The summed E-state index contributed by atoms with van der Waals surface area (Å²) in [6, 6.07) is 0. The molecule has 6 nitrogen and oxygen atoms in total. The van der Waals surface area contributed by atoms with Crippen LogP contribution in [0.5, 0.6) is 0 Å². The Kier molecular flexibility index (Phi) is 3.63. The lowest BCUT2D eigenvalue weighted by Crippen LogP contribution is -2.59. The van der Waals surface area contributed by atoms with Crippen LogP contribution in [0.1, 0.15) is 71.6 Å². The third-order valence-corrected chi connectivity index (χ3v) is 12.3. The normalized spacial score (nSPS) is 61.0. The van der Waals surface area contributed by atoms with Gasteiger partial charge in [0.15, 0.2) is 0 Å². The molecule has 0 radical (unpaired) electrons. The molecule has 31 heavy (non-hydrogen) atoms. The van der Waals surface area contributed by atoms with Crippen molar-refractivity contribution >= 4 is 16.4 Å².